The molecule has 7 nitrogen and oxygen atoms in total. The molecule has 1 aliphatic carbocycles. The maximum atomic E-state index is 5.73. The highest BCUT2D eigenvalue weighted by Gasteiger charge is 2.24. The third-order valence-corrected chi connectivity index (χ3v) is 6.18. The molecule has 1 fully saturated rings. The normalized spacial score (nSPS) is 24.7. The molecule has 0 aromatic rings. The number of likely N-dealkylation sites (N-methyl/N-ethyl adjacent to an activating group) is 1. The van der Waals surface area contributed by atoms with E-state index in [9.17, 15) is 0 Å². The van der Waals surface area contributed by atoms with E-state index in [2.05, 4.69) is 75.6 Å². The summed E-state index contributed by atoms with van der Waals surface area (Å²) >= 11 is 0. The number of hydrogen-bond donors (Lipinski definition) is 1. The standard InChI is InChI=1S/C26H40N6O/c1-6-22(10-14-27-2)23-11-15-31(5)26(32(16-12-23)20-29-30(3)4)28-19-21-8-7-9-25-24(18-21)13-17-33-25/h6-9,11,14,18,20-21,26,28H,10,12-13,15-17,19H2,1-5H3/b22-6+,23-11?,27-14?,29-20-. The van der Waals surface area contributed by atoms with E-state index in [1.165, 1.54) is 16.7 Å². The Balaban J connectivity index is 1.74. The van der Waals surface area contributed by atoms with Crippen LogP contribution in [0.15, 0.2) is 69.0 Å². The van der Waals surface area contributed by atoms with Crippen molar-refractivity contribution in [1.82, 2.24) is 20.1 Å². The monoisotopic (exact) mass is 452 g/mol. The fourth-order valence-electron chi connectivity index (χ4n) is 4.34. The average Bonchev–Trinajstić information content (AvgIpc) is 3.14. The van der Waals surface area contributed by atoms with Gasteiger partial charge in [-0.1, -0.05) is 30.4 Å². The van der Waals surface area contributed by atoms with Crippen molar-refractivity contribution < 1.29 is 4.74 Å². The molecule has 0 spiro atoms. The molecule has 33 heavy (non-hydrogen) atoms. The van der Waals surface area contributed by atoms with Crippen molar-refractivity contribution in [3.05, 3.63) is 58.9 Å². The van der Waals surface area contributed by atoms with E-state index in [-0.39, 0.29) is 6.29 Å². The van der Waals surface area contributed by atoms with Crippen molar-refractivity contribution in [2.75, 3.05) is 54.4 Å². The highest BCUT2D eigenvalue weighted by atomic mass is 16.5. The minimum absolute atomic E-state index is 0.0556. The van der Waals surface area contributed by atoms with Gasteiger partial charge in [0.05, 0.1) is 6.61 Å². The second kappa shape index (κ2) is 12.6. The van der Waals surface area contributed by atoms with Gasteiger partial charge in [0.25, 0.3) is 0 Å². The van der Waals surface area contributed by atoms with Gasteiger partial charge in [-0.2, -0.15) is 5.10 Å². The summed E-state index contributed by atoms with van der Waals surface area (Å²) in [5, 5.41) is 10.2. The van der Waals surface area contributed by atoms with Crippen LogP contribution in [-0.4, -0.2) is 88.1 Å². The molecule has 2 atom stereocenters. The van der Waals surface area contributed by atoms with Crippen LogP contribution in [0.3, 0.4) is 0 Å². The van der Waals surface area contributed by atoms with Gasteiger partial charge in [-0.15, -0.1) is 0 Å². The molecule has 1 N–H and O–H groups in total. The molecule has 3 aliphatic rings. The molecule has 0 bridgehead atoms. The van der Waals surface area contributed by atoms with Crippen molar-refractivity contribution in [3.8, 4) is 0 Å². The molecule has 7 heteroatoms. The summed E-state index contributed by atoms with van der Waals surface area (Å²) < 4.78 is 5.73. The molecule has 0 amide bonds. The number of nitrogens with zero attached hydrogens (tertiary/aromatic N) is 5. The minimum atomic E-state index is 0.0556. The Bertz CT molecular complexity index is 864. The quantitative estimate of drug-likeness (QED) is 0.348. The summed E-state index contributed by atoms with van der Waals surface area (Å²) in [6.07, 6.45) is 20.2. The van der Waals surface area contributed by atoms with Gasteiger partial charge < -0.3 is 19.6 Å². The summed E-state index contributed by atoms with van der Waals surface area (Å²) in [6.45, 7) is 5.50. The van der Waals surface area contributed by atoms with Gasteiger partial charge in [0, 0.05) is 65.8 Å². The number of hydrazone groups is 1. The minimum Gasteiger partial charge on any atom is -0.493 e. The van der Waals surface area contributed by atoms with Crippen LogP contribution < -0.4 is 5.32 Å². The van der Waals surface area contributed by atoms with Gasteiger partial charge in [0.15, 0.2) is 0 Å². The number of allylic oxidation sites excluding steroid dienone is 5. The van der Waals surface area contributed by atoms with Crippen LogP contribution in [0, 0.1) is 5.92 Å². The van der Waals surface area contributed by atoms with E-state index in [1.807, 2.05) is 38.7 Å². The van der Waals surface area contributed by atoms with Crippen molar-refractivity contribution in [1.29, 1.82) is 0 Å². The largest absolute Gasteiger partial charge is 0.493 e. The van der Waals surface area contributed by atoms with Crippen LogP contribution in [0.2, 0.25) is 0 Å². The lowest BCUT2D eigenvalue weighted by atomic mass is 9.98. The van der Waals surface area contributed by atoms with Gasteiger partial charge in [-0.25, -0.2) is 0 Å². The number of fused-ring (bicyclic) bond motifs is 1. The number of ether oxygens (including phenoxy) is 1. The average molecular weight is 453 g/mol. The molecule has 180 valence electrons. The predicted octanol–water partition coefficient (Wildman–Crippen LogP) is 3.38. The van der Waals surface area contributed by atoms with Crippen molar-refractivity contribution in [2.24, 2.45) is 16.0 Å². The molecule has 0 saturated carbocycles. The van der Waals surface area contributed by atoms with E-state index in [1.54, 1.807) is 0 Å². The highest BCUT2D eigenvalue weighted by Crippen LogP contribution is 2.27. The number of nitrogens with one attached hydrogen (secondary N) is 1. The number of aliphatic imine (C=N–C) groups is 1. The first-order valence-corrected chi connectivity index (χ1v) is 11.9. The summed E-state index contributed by atoms with van der Waals surface area (Å²) in [7, 11) is 7.91. The van der Waals surface area contributed by atoms with Gasteiger partial charge >= 0.3 is 0 Å². The fraction of sp³-hybridized carbons (Fsp3) is 0.538. The summed E-state index contributed by atoms with van der Waals surface area (Å²) in [5.41, 5.74) is 4.07. The van der Waals surface area contributed by atoms with Crippen LogP contribution >= 0.6 is 0 Å². The van der Waals surface area contributed by atoms with Gasteiger partial charge in [-0.3, -0.25) is 10.2 Å². The van der Waals surface area contributed by atoms with Crippen LogP contribution in [0.5, 0.6) is 0 Å². The maximum Gasteiger partial charge on any atom is 0.138 e. The molecule has 1 saturated heterocycles. The third-order valence-electron chi connectivity index (χ3n) is 6.18. The SMILES string of the molecule is C/C=C(\CC=NC)C1=CCN(C)C(NCC2C=CC=C3OCCC3=C2)N(/C=N\N(C)C)CC1. The molecular weight excluding hydrogens is 412 g/mol. The van der Waals surface area contributed by atoms with Crippen LogP contribution in [0.4, 0.5) is 0 Å². The van der Waals surface area contributed by atoms with Crippen LogP contribution in [-0.2, 0) is 4.74 Å². The second-order valence-electron chi connectivity index (χ2n) is 8.85. The predicted molar refractivity (Wildman–Crippen MR) is 138 cm³/mol. The van der Waals surface area contributed by atoms with Crippen LogP contribution in [0.1, 0.15) is 26.2 Å². The second-order valence-corrected chi connectivity index (χ2v) is 8.85. The summed E-state index contributed by atoms with van der Waals surface area (Å²) in [6, 6.07) is 0. The molecule has 2 heterocycles. The molecule has 0 aromatic carbocycles. The van der Waals surface area contributed by atoms with Gasteiger partial charge in [0.1, 0.15) is 18.4 Å². The zero-order chi connectivity index (χ0) is 23.6. The van der Waals surface area contributed by atoms with E-state index in [4.69, 9.17) is 4.74 Å². The highest BCUT2D eigenvalue weighted by molar-refractivity contribution is 5.63. The zero-order valence-corrected chi connectivity index (χ0v) is 20.9. The molecule has 0 radical (unpaired) electrons. The zero-order valence-electron chi connectivity index (χ0n) is 20.9. The Kier molecular flexibility index (Phi) is 9.51. The van der Waals surface area contributed by atoms with Gasteiger partial charge in [0.2, 0.25) is 0 Å². The first-order chi connectivity index (χ1) is 16.0. The first-order valence-electron chi connectivity index (χ1n) is 11.9. The smallest absolute Gasteiger partial charge is 0.138 e. The third kappa shape index (κ3) is 7.17. The number of hydrogen-bond acceptors (Lipinski definition) is 6. The molecule has 3 rings (SSSR count). The Morgan fingerprint density at radius 1 is 1.33 bits per heavy atom. The Morgan fingerprint density at radius 3 is 2.94 bits per heavy atom. The van der Waals surface area contributed by atoms with E-state index in [0.29, 0.717) is 5.92 Å². The number of rotatable bonds is 8. The summed E-state index contributed by atoms with van der Waals surface area (Å²) in [4.78, 5) is 8.83. The van der Waals surface area contributed by atoms with Crippen LogP contribution in [0.25, 0.3) is 0 Å². The Hall–Kier alpha value is -2.64. The lowest BCUT2D eigenvalue weighted by Gasteiger charge is -2.39. The lowest BCUT2D eigenvalue weighted by Crippen LogP contribution is -2.56. The van der Waals surface area contributed by atoms with Crippen molar-refractivity contribution in [2.45, 2.75) is 32.5 Å². The van der Waals surface area contributed by atoms with E-state index >= 15 is 0 Å². The van der Waals surface area contributed by atoms with Crippen molar-refractivity contribution in [3.63, 3.8) is 0 Å². The fourth-order valence-corrected chi connectivity index (χ4v) is 4.34. The lowest BCUT2D eigenvalue weighted by molar-refractivity contribution is 0.0948. The topological polar surface area (TPSA) is 55.7 Å². The van der Waals surface area contributed by atoms with E-state index in [0.717, 1.165) is 51.3 Å². The maximum absolute atomic E-state index is 5.73. The first kappa shape index (κ1) is 25.0. The Labute approximate surface area is 199 Å². The van der Waals surface area contributed by atoms with E-state index < -0.39 is 0 Å². The molecule has 2 aliphatic heterocycles. The molecular formula is C26H40N6O. The van der Waals surface area contributed by atoms with Gasteiger partial charge in [-0.05, 0) is 43.2 Å². The molecule has 2 unspecified atom stereocenters. The summed E-state index contributed by atoms with van der Waals surface area (Å²) in [5.74, 6) is 1.36. The van der Waals surface area contributed by atoms with Crippen molar-refractivity contribution >= 4 is 12.6 Å². The molecule has 0 aromatic heterocycles. The Morgan fingerprint density at radius 2 is 2.18 bits per heavy atom.